The van der Waals surface area contributed by atoms with Crippen LogP contribution in [0.4, 0.5) is 0 Å². The number of ketones is 1. The average Bonchev–Trinajstić information content (AvgIpc) is 2.58. The number of Topliss-reactive ketones (excluding diaryl/α,β-unsaturated/α-hetero) is 1. The number of allylic oxidation sites excluding steroid dienone is 3. The van der Waals surface area contributed by atoms with E-state index in [2.05, 4.69) is 11.4 Å². The number of thioether (sulfide) groups is 1. The molecule has 0 spiro atoms. The van der Waals surface area contributed by atoms with E-state index in [9.17, 15) is 14.9 Å². The molecule has 3 rings (SSSR count). The maximum absolute atomic E-state index is 13.0. The molecule has 0 saturated carbocycles. The summed E-state index contributed by atoms with van der Waals surface area (Å²) in [6, 6.07) is 9.29. The molecule has 0 aromatic heterocycles. The lowest BCUT2D eigenvalue weighted by molar-refractivity contribution is -0.133. The number of benzene rings is 1. The van der Waals surface area contributed by atoms with E-state index in [1.165, 1.54) is 0 Å². The summed E-state index contributed by atoms with van der Waals surface area (Å²) >= 11 is 7.07. The van der Waals surface area contributed by atoms with E-state index in [1.807, 2.05) is 26.0 Å². The summed E-state index contributed by atoms with van der Waals surface area (Å²) in [4.78, 5) is 24.0. The largest absolute Gasteiger partial charge is 0.481 e. The fraction of sp³-hybridized carbons (Fsp3) is 0.350. The summed E-state index contributed by atoms with van der Waals surface area (Å²) in [6.45, 7) is 4.06. The minimum absolute atomic E-state index is 0.0173. The maximum atomic E-state index is 13.0. The number of carboxylic acids is 1. The Labute approximate surface area is 167 Å². The number of rotatable bonds is 4. The number of carboxylic acid groups (broad SMARTS) is 1. The van der Waals surface area contributed by atoms with Crippen LogP contribution in [0.25, 0.3) is 0 Å². The molecule has 1 aliphatic heterocycles. The minimum Gasteiger partial charge on any atom is -0.481 e. The Morgan fingerprint density at radius 2 is 2.04 bits per heavy atom. The molecule has 0 bridgehead atoms. The Kier molecular flexibility index (Phi) is 5.36. The predicted molar refractivity (Wildman–Crippen MR) is 105 cm³/mol. The van der Waals surface area contributed by atoms with Crippen LogP contribution in [0.1, 0.15) is 38.2 Å². The Morgan fingerprint density at radius 3 is 2.63 bits per heavy atom. The number of halogens is 1. The van der Waals surface area contributed by atoms with E-state index in [1.54, 1.807) is 12.1 Å². The van der Waals surface area contributed by atoms with Crippen LogP contribution in [-0.2, 0) is 9.59 Å². The zero-order chi connectivity index (χ0) is 19.8. The third-order valence-corrected chi connectivity index (χ3v) is 5.92. The molecule has 0 radical (unpaired) electrons. The highest BCUT2D eigenvalue weighted by Gasteiger charge is 2.41. The molecule has 1 aromatic carbocycles. The molecule has 2 aliphatic rings. The Morgan fingerprint density at radius 1 is 1.37 bits per heavy atom. The maximum Gasteiger partial charge on any atom is 0.313 e. The van der Waals surface area contributed by atoms with Gasteiger partial charge in [-0.2, -0.15) is 5.26 Å². The molecule has 27 heavy (non-hydrogen) atoms. The van der Waals surface area contributed by atoms with Crippen molar-refractivity contribution < 1.29 is 14.7 Å². The summed E-state index contributed by atoms with van der Waals surface area (Å²) in [5.74, 6) is -1.62. The van der Waals surface area contributed by atoms with Gasteiger partial charge in [0.1, 0.15) is 0 Å². The van der Waals surface area contributed by atoms with Crippen LogP contribution in [0.2, 0.25) is 5.02 Å². The molecule has 140 valence electrons. The van der Waals surface area contributed by atoms with E-state index in [-0.39, 0.29) is 17.0 Å². The van der Waals surface area contributed by atoms with Crippen molar-refractivity contribution in [1.29, 1.82) is 5.26 Å². The first kappa shape index (κ1) is 19.5. The molecular formula is C20H19ClN2O3S. The SMILES string of the molecule is CC1(C)CC(=O)C2=C(C1)NC(SCC(=O)O)=C(C#N)[C@@H]2c1ccc(Cl)cc1. The van der Waals surface area contributed by atoms with E-state index in [0.717, 1.165) is 23.0 Å². The van der Waals surface area contributed by atoms with Gasteiger partial charge in [0.25, 0.3) is 0 Å². The number of hydrogen-bond acceptors (Lipinski definition) is 5. The number of aliphatic carboxylic acids is 1. The van der Waals surface area contributed by atoms with Gasteiger partial charge >= 0.3 is 5.97 Å². The second-order valence-corrected chi connectivity index (χ2v) is 8.90. The highest BCUT2D eigenvalue weighted by Crippen LogP contribution is 2.47. The van der Waals surface area contributed by atoms with Crippen molar-refractivity contribution in [3.63, 3.8) is 0 Å². The predicted octanol–water partition coefficient (Wildman–Crippen LogP) is 4.22. The molecule has 0 fully saturated rings. The normalized spacial score (nSPS) is 21.4. The van der Waals surface area contributed by atoms with Gasteiger partial charge in [0.05, 0.1) is 28.3 Å². The van der Waals surface area contributed by atoms with Gasteiger partial charge < -0.3 is 10.4 Å². The summed E-state index contributed by atoms with van der Waals surface area (Å²) in [7, 11) is 0. The van der Waals surface area contributed by atoms with Gasteiger partial charge in [-0.1, -0.05) is 49.3 Å². The van der Waals surface area contributed by atoms with Crippen molar-refractivity contribution in [2.75, 3.05) is 5.75 Å². The molecule has 7 heteroatoms. The second kappa shape index (κ2) is 7.41. The van der Waals surface area contributed by atoms with Crippen LogP contribution < -0.4 is 5.32 Å². The van der Waals surface area contributed by atoms with E-state index >= 15 is 0 Å². The van der Waals surface area contributed by atoms with Gasteiger partial charge in [0, 0.05) is 22.7 Å². The monoisotopic (exact) mass is 402 g/mol. The number of nitrogens with one attached hydrogen (secondary N) is 1. The third-order valence-electron chi connectivity index (χ3n) is 4.67. The van der Waals surface area contributed by atoms with Crippen molar-refractivity contribution in [3.8, 4) is 6.07 Å². The topological polar surface area (TPSA) is 90.2 Å². The van der Waals surface area contributed by atoms with Crippen molar-refractivity contribution in [2.45, 2.75) is 32.6 Å². The zero-order valence-electron chi connectivity index (χ0n) is 15.0. The number of nitrogens with zero attached hydrogens (tertiary/aromatic N) is 1. The van der Waals surface area contributed by atoms with Crippen LogP contribution in [0.5, 0.6) is 0 Å². The van der Waals surface area contributed by atoms with Gasteiger partial charge in [-0.15, -0.1) is 0 Å². The fourth-order valence-corrected chi connectivity index (χ4v) is 4.52. The molecule has 0 amide bonds. The first-order valence-electron chi connectivity index (χ1n) is 8.49. The molecule has 0 unspecified atom stereocenters. The highest BCUT2D eigenvalue weighted by molar-refractivity contribution is 8.03. The molecule has 1 aliphatic carbocycles. The van der Waals surface area contributed by atoms with Crippen LogP contribution >= 0.6 is 23.4 Å². The molecule has 1 atom stereocenters. The lowest BCUT2D eigenvalue weighted by atomic mass is 9.69. The van der Waals surface area contributed by atoms with Gasteiger partial charge in [0.2, 0.25) is 0 Å². The molecule has 1 heterocycles. The molecule has 1 aromatic rings. The van der Waals surface area contributed by atoms with E-state index in [4.69, 9.17) is 16.7 Å². The second-order valence-electron chi connectivity index (χ2n) is 7.48. The first-order valence-corrected chi connectivity index (χ1v) is 9.86. The molecular weight excluding hydrogens is 384 g/mol. The van der Waals surface area contributed by atoms with Crippen molar-refractivity contribution in [1.82, 2.24) is 5.32 Å². The van der Waals surface area contributed by atoms with Crippen molar-refractivity contribution in [2.24, 2.45) is 5.41 Å². The lowest BCUT2D eigenvalue weighted by Gasteiger charge is -2.39. The van der Waals surface area contributed by atoms with Gasteiger partial charge in [-0.25, -0.2) is 0 Å². The smallest absolute Gasteiger partial charge is 0.313 e. The number of hydrogen-bond donors (Lipinski definition) is 2. The fourth-order valence-electron chi connectivity index (χ4n) is 3.61. The number of nitriles is 1. The number of carbonyl (C=O) groups excluding carboxylic acids is 1. The van der Waals surface area contributed by atoms with Gasteiger partial charge in [-0.05, 0) is 29.5 Å². The van der Waals surface area contributed by atoms with Crippen LogP contribution in [-0.4, -0.2) is 22.6 Å². The highest BCUT2D eigenvalue weighted by atomic mass is 35.5. The summed E-state index contributed by atoms with van der Waals surface area (Å²) < 4.78 is 0. The summed E-state index contributed by atoms with van der Waals surface area (Å²) in [5.41, 5.74) is 2.36. The first-order chi connectivity index (χ1) is 12.7. The number of dihydropyridines is 1. The van der Waals surface area contributed by atoms with Crippen LogP contribution in [0.15, 0.2) is 46.1 Å². The molecule has 0 saturated heterocycles. The Hall–Kier alpha value is -2.23. The minimum atomic E-state index is -0.963. The number of carbonyl (C=O) groups is 2. The summed E-state index contributed by atoms with van der Waals surface area (Å²) in [5, 5.41) is 23.1. The Bertz CT molecular complexity index is 910. The van der Waals surface area contributed by atoms with E-state index < -0.39 is 11.9 Å². The zero-order valence-corrected chi connectivity index (χ0v) is 16.6. The average molecular weight is 403 g/mol. The molecule has 2 N–H and O–H groups in total. The van der Waals surface area contributed by atoms with Crippen molar-refractivity contribution in [3.05, 3.63) is 56.7 Å². The molecule has 5 nitrogen and oxygen atoms in total. The van der Waals surface area contributed by atoms with Gasteiger partial charge in [0.15, 0.2) is 5.78 Å². The third kappa shape index (κ3) is 4.05. The lowest BCUT2D eigenvalue weighted by Crippen LogP contribution is -2.37. The standard InChI is InChI=1S/C20H19ClN2O3S/c1-20(2)7-14-18(15(24)8-20)17(11-3-5-12(21)6-4-11)13(9-22)19(23-14)27-10-16(25)26/h3-6,17,23H,7-8,10H2,1-2H3,(H,25,26)/t17-/m0/s1. The van der Waals surface area contributed by atoms with E-state index in [0.29, 0.717) is 34.0 Å². The van der Waals surface area contributed by atoms with Crippen molar-refractivity contribution >= 4 is 35.1 Å². The van der Waals surface area contributed by atoms with Gasteiger partial charge in [-0.3, -0.25) is 9.59 Å². The Balaban J connectivity index is 2.14. The summed E-state index contributed by atoms with van der Waals surface area (Å²) in [6.07, 6.45) is 1.07. The van der Waals surface area contributed by atoms with Crippen LogP contribution in [0, 0.1) is 16.7 Å². The quantitative estimate of drug-likeness (QED) is 0.783. The van der Waals surface area contributed by atoms with Crippen LogP contribution in [0.3, 0.4) is 0 Å².